The van der Waals surface area contributed by atoms with Gasteiger partial charge >= 0.3 is 0 Å². The first-order valence-electron chi connectivity index (χ1n) is 9.20. The lowest BCUT2D eigenvalue weighted by Gasteiger charge is -2.10. The minimum Gasteiger partial charge on any atom is -0.199 e. The normalized spacial score (nSPS) is 11.5. The van der Waals surface area contributed by atoms with E-state index in [1.807, 2.05) is 0 Å². The van der Waals surface area contributed by atoms with Crippen molar-refractivity contribution < 1.29 is 4.57 Å². The summed E-state index contributed by atoms with van der Waals surface area (Å²) in [5.74, 6) is 0.990. The zero-order valence-corrected chi connectivity index (χ0v) is 16.2. The molecule has 0 radical (unpaired) electrons. The van der Waals surface area contributed by atoms with Gasteiger partial charge in [0.2, 0.25) is 0 Å². The van der Waals surface area contributed by atoms with E-state index in [0.29, 0.717) is 11.8 Å². The van der Waals surface area contributed by atoms with Crippen molar-refractivity contribution in [3.63, 3.8) is 0 Å². The standard InChI is InChI=1S/C23H29N2/c1-16(2)20-11-7-9-13-22(20)24-15-25(19(6)18(24)5)23-14-10-8-12-21(23)17(3)4/h7-17H,1-6H3/q+1. The molecule has 2 nitrogen and oxygen atoms in total. The fourth-order valence-electron chi connectivity index (χ4n) is 3.51. The predicted molar refractivity (Wildman–Crippen MR) is 105 cm³/mol. The van der Waals surface area contributed by atoms with Crippen LogP contribution in [0.5, 0.6) is 0 Å². The van der Waals surface area contributed by atoms with E-state index < -0.39 is 0 Å². The van der Waals surface area contributed by atoms with Crippen LogP contribution in [0.2, 0.25) is 0 Å². The average Bonchev–Trinajstić information content (AvgIpc) is 2.90. The van der Waals surface area contributed by atoms with Crippen molar-refractivity contribution >= 4 is 0 Å². The Morgan fingerprint density at radius 2 is 1.32 bits per heavy atom. The van der Waals surface area contributed by atoms with E-state index in [2.05, 4.69) is 106 Å². The van der Waals surface area contributed by atoms with Crippen LogP contribution in [0.3, 0.4) is 0 Å². The number of hydrogen-bond donors (Lipinski definition) is 0. The summed E-state index contributed by atoms with van der Waals surface area (Å²) in [6.45, 7) is 13.4. The Morgan fingerprint density at radius 3 is 1.96 bits per heavy atom. The van der Waals surface area contributed by atoms with Crippen LogP contribution in [0.4, 0.5) is 0 Å². The molecule has 130 valence electrons. The SMILES string of the molecule is Cc1c(C)[n+](-c2ccccc2C(C)C)cn1-c1ccccc1C(C)C. The maximum Gasteiger partial charge on any atom is 0.254 e. The molecule has 0 aliphatic rings. The molecule has 2 aromatic carbocycles. The van der Waals surface area contributed by atoms with Crippen LogP contribution < -0.4 is 4.57 Å². The van der Waals surface area contributed by atoms with Crippen LogP contribution in [0, 0.1) is 13.8 Å². The average molecular weight is 333 g/mol. The van der Waals surface area contributed by atoms with Gasteiger partial charge in [0.1, 0.15) is 22.8 Å². The van der Waals surface area contributed by atoms with Crippen molar-refractivity contribution in [2.24, 2.45) is 0 Å². The number of rotatable bonds is 4. The third-order valence-corrected chi connectivity index (χ3v) is 5.11. The lowest BCUT2D eigenvalue weighted by atomic mass is 10.0. The molecule has 0 spiro atoms. The molecule has 3 aromatic rings. The third-order valence-electron chi connectivity index (χ3n) is 5.11. The summed E-state index contributed by atoms with van der Waals surface area (Å²) in [5.41, 5.74) is 7.88. The van der Waals surface area contributed by atoms with Crippen LogP contribution in [-0.2, 0) is 0 Å². The summed E-state index contributed by atoms with van der Waals surface area (Å²) < 4.78 is 4.67. The maximum absolute atomic E-state index is 2.34. The topological polar surface area (TPSA) is 8.81 Å². The lowest BCUT2D eigenvalue weighted by molar-refractivity contribution is -0.602. The molecule has 0 bridgehead atoms. The van der Waals surface area contributed by atoms with Gasteiger partial charge in [0.05, 0.1) is 0 Å². The monoisotopic (exact) mass is 333 g/mol. The molecule has 0 aliphatic heterocycles. The van der Waals surface area contributed by atoms with E-state index in [1.165, 1.54) is 33.9 Å². The molecule has 1 heterocycles. The fraction of sp³-hybridized carbons (Fsp3) is 0.348. The Kier molecular flexibility index (Phi) is 4.80. The molecule has 3 rings (SSSR count). The molecule has 0 saturated carbocycles. The summed E-state index contributed by atoms with van der Waals surface area (Å²) in [6, 6.07) is 17.4. The number of nitrogens with zero attached hydrogens (tertiary/aromatic N) is 2. The molecule has 0 amide bonds. The molecule has 0 fully saturated rings. The fourth-order valence-corrected chi connectivity index (χ4v) is 3.51. The highest BCUT2D eigenvalue weighted by Gasteiger charge is 2.23. The van der Waals surface area contributed by atoms with Crippen molar-refractivity contribution in [1.82, 2.24) is 4.57 Å². The van der Waals surface area contributed by atoms with Gasteiger partial charge < -0.3 is 0 Å². The number of imidazole rings is 1. The van der Waals surface area contributed by atoms with Crippen molar-refractivity contribution in [2.75, 3.05) is 0 Å². The molecule has 0 saturated heterocycles. The minimum atomic E-state index is 0.495. The minimum absolute atomic E-state index is 0.495. The molecular formula is C23H29N2+. The number of benzene rings is 2. The summed E-state index contributed by atoms with van der Waals surface area (Å²) >= 11 is 0. The van der Waals surface area contributed by atoms with E-state index in [4.69, 9.17) is 0 Å². The molecule has 2 heteroatoms. The Bertz CT molecular complexity index is 813. The van der Waals surface area contributed by atoms with Gasteiger partial charge in [-0.05, 0) is 24.0 Å². The Hall–Kier alpha value is -2.35. The summed E-state index contributed by atoms with van der Waals surface area (Å²) in [4.78, 5) is 0. The molecular weight excluding hydrogens is 304 g/mol. The Balaban J connectivity index is 2.21. The Morgan fingerprint density at radius 1 is 0.760 bits per heavy atom. The summed E-state index contributed by atoms with van der Waals surface area (Å²) in [7, 11) is 0. The number of hydrogen-bond acceptors (Lipinski definition) is 0. The van der Waals surface area contributed by atoms with E-state index in [-0.39, 0.29) is 0 Å². The second kappa shape index (κ2) is 6.87. The van der Waals surface area contributed by atoms with Crippen molar-refractivity contribution in [3.05, 3.63) is 77.4 Å². The van der Waals surface area contributed by atoms with Gasteiger partial charge in [0, 0.05) is 25.0 Å². The van der Waals surface area contributed by atoms with Gasteiger partial charge in [0.25, 0.3) is 6.33 Å². The molecule has 0 N–H and O–H groups in total. The van der Waals surface area contributed by atoms with Crippen LogP contribution in [0.1, 0.15) is 62.0 Å². The Labute approximate surface area is 151 Å². The van der Waals surface area contributed by atoms with Crippen molar-refractivity contribution in [2.45, 2.75) is 53.4 Å². The van der Waals surface area contributed by atoms with Crippen molar-refractivity contribution in [1.29, 1.82) is 0 Å². The van der Waals surface area contributed by atoms with E-state index >= 15 is 0 Å². The van der Waals surface area contributed by atoms with Gasteiger partial charge in [0.15, 0.2) is 0 Å². The lowest BCUT2D eigenvalue weighted by Crippen LogP contribution is -2.33. The van der Waals surface area contributed by atoms with Crippen LogP contribution in [0.25, 0.3) is 11.4 Å². The van der Waals surface area contributed by atoms with Gasteiger partial charge in [-0.15, -0.1) is 0 Å². The largest absolute Gasteiger partial charge is 0.254 e. The number of aromatic nitrogens is 2. The van der Waals surface area contributed by atoms with Gasteiger partial charge in [-0.1, -0.05) is 64.1 Å². The highest BCUT2D eigenvalue weighted by Crippen LogP contribution is 2.26. The summed E-state index contributed by atoms with van der Waals surface area (Å²) in [5, 5.41) is 0. The second-order valence-corrected chi connectivity index (χ2v) is 7.45. The van der Waals surface area contributed by atoms with E-state index in [0.717, 1.165) is 0 Å². The smallest absolute Gasteiger partial charge is 0.199 e. The van der Waals surface area contributed by atoms with Crippen LogP contribution in [-0.4, -0.2) is 4.57 Å². The van der Waals surface area contributed by atoms with Crippen LogP contribution >= 0.6 is 0 Å². The quantitative estimate of drug-likeness (QED) is 0.548. The van der Waals surface area contributed by atoms with Crippen molar-refractivity contribution in [3.8, 4) is 11.4 Å². The van der Waals surface area contributed by atoms with E-state index in [1.54, 1.807) is 0 Å². The van der Waals surface area contributed by atoms with Gasteiger partial charge in [-0.3, -0.25) is 0 Å². The molecule has 0 aliphatic carbocycles. The first-order valence-corrected chi connectivity index (χ1v) is 9.20. The first kappa shape index (κ1) is 17.5. The molecule has 25 heavy (non-hydrogen) atoms. The van der Waals surface area contributed by atoms with E-state index in [9.17, 15) is 0 Å². The van der Waals surface area contributed by atoms with Gasteiger partial charge in [-0.25, -0.2) is 0 Å². The van der Waals surface area contributed by atoms with Crippen LogP contribution in [0.15, 0.2) is 54.9 Å². The highest BCUT2D eigenvalue weighted by atomic mass is 15.2. The summed E-state index contributed by atoms with van der Waals surface area (Å²) in [6.07, 6.45) is 2.24. The van der Waals surface area contributed by atoms with Gasteiger partial charge in [-0.2, -0.15) is 9.13 Å². The zero-order valence-electron chi connectivity index (χ0n) is 16.2. The highest BCUT2D eigenvalue weighted by molar-refractivity contribution is 5.44. The zero-order chi connectivity index (χ0) is 18.1. The molecule has 0 unspecified atom stereocenters. The maximum atomic E-state index is 2.34. The molecule has 1 aromatic heterocycles. The first-order chi connectivity index (χ1) is 11.9. The third kappa shape index (κ3) is 3.13. The second-order valence-electron chi connectivity index (χ2n) is 7.45. The predicted octanol–water partition coefficient (Wildman–Crippen LogP) is 5.62. The number of para-hydroxylation sites is 2. The molecule has 0 atom stereocenters.